The lowest BCUT2D eigenvalue weighted by molar-refractivity contribution is -0.131. The van der Waals surface area contributed by atoms with E-state index in [9.17, 15) is 4.79 Å². The summed E-state index contributed by atoms with van der Waals surface area (Å²) in [4.78, 5) is 17.7. The van der Waals surface area contributed by atoms with Gasteiger partial charge in [-0.05, 0) is 58.5 Å². The van der Waals surface area contributed by atoms with Gasteiger partial charge in [0.05, 0.1) is 0 Å². The van der Waals surface area contributed by atoms with Crippen LogP contribution in [0.4, 0.5) is 0 Å². The van der Waals surface area contributed by atoms with E-state index in [0.717, 1.165) is 64.2 Å². The molecule has 6 heteroatoms. The van der Waals surface area contributed by atoms with Crippen molar-refractivity contribution in [3.8, 4) is 0 Å². The largest absolute Gasteiger partial charge is 0.341 e. The van der Waals surface area contributed by atoms with Gasteiger partial charge in [-0.2, -0.15) is 0 Å². The van der Waals surface area contributed by atoms with Gasteiger partial charge < -0.3 is 14.4 Å². The second-order valence-corrected chi connectivity index (χ2v) is 9.63. The van der Waals surface area contributed by atoms with E-state index < -0.39 is 0 Å². The van der Waals surface area contributed by atoms with Crippen molar-refractivity contribution in [2.24, 2.45) is 11.3 Å². The maximum absolute atomic E-state index is 12.9. The zero-order chi connectivity index (χ0) is 20.3. The van der Waals surface area contributed by atoms with Crippen molar-refractivity contribution in [1.82, 2.24) is 24.6 Å². The fraction of sp³-hybridized carbons (Fsp3) is 0.864. The lowest BCUT2D eigenvalue weighted by atomic mass is 9.70. The first-order chi connectivity index (χ1) is 13.4. The molecule has 0 aromatic carbocycles. The Morgan fingerprint density at radius 1 is 1.25 bits per heavy atom. The summed E-state index contributed by atoms with van der Waals surface area (Å²) in [5.74, 6) is 2.29. The number of hydrogen-bond acceptors (Lipinski definition) is 4. The molecule has 0 aliphatic carbocycles. The Balaban J connectivity index is 1.82. The Morgan fingerprint density at radius 2 is 1.96 bits per heavy atom. The number of aromatic nitrogens is 3. The van der Waals surface area contributed by atoms with Crippen molar-refractivity contribution in [1.29, 1.82) is 0 Å². The van der Waals surface area contributed by atoms with E-state index in [1.54, 1.807) is 0 Å². The maximum atomic E-state index is 12.9. The summed E-state index contributed by atoms with van der Waals surface area (Å²) in [5.41, 5.74) is 0.150. The molecule has 2 saturated heterocycles. The molecule has 158 valence electrons. The van der Waals surface area contributed by atoms with Crippen molar-refractivity contribution < 1.29 is 4.79 Å². The molecule has 3 rings (SSSR count). The van der Waals surface area contributed by atoms with Gasteiger partial charge in [-0.3, -0.25) is 4.79 Å². The van der Waals surface area contributed by atoms with Crippen LogP contribution < -0.4 is 0 Å². The zero-order valence-corrected chi connectivity index (χ0v) is 18.5. The van der Waals surface area contributed by atoms with Crippen molar-refractivity contribution in [3.63, 3.8) is 0 Å². The number of hydrogen-bond donors (Lipinski definition) is 0. The molecule has 0 saturated carbocycles. The predicted molar refractivity (Wildman–Crippen MR) is 112 cm³/mol. The van der Waals surface area contributed by atoms with Crippen LogP contribution in [0.5, 0.6) is 0 Å². The van der Waals surface area contributed by atoms with Crippen LogP contribution in [0.2, 0.25) is 0 Å². The smallest absolute Gasteiger partial charge is 0.222 e. The average molecular weight is 390 g/mol. The number of aryl methyl sites for hydroxylation is 1. The minimum absolute atomic E-state index is 0.150. The lowest BCUT2D eigenvalue weighted by Gasteiger charge is -2.43. The highest BCUT2D eigenvalue weighted by atomic mass is 16.2. The topological polar surface area (TPSA) is 54.3 Å². The number of nitrogens with zero attached hydrogens (tertiary/aromatic N) is 5. The fourth-order valence-corrected chi connectivity index (χ4v) is 5.02. The molecule has 1 atom stereocenters. The number of piperidine rings is 1. The van der Waals surface area contributed by atoms with Gasteiger partial charge in [0.25, 0.3) is 0 Å². The standard InChI is InChI=1S/C22H39N5O/c1-6-11-26-16-23-24-21(26)19-14-27(20(28)8-7-17(2)3)15-22(19)9-12-25(13-10-22)18(4)5/h16-19H,6-15H2,1-5H3. The summed E-state index contributed by atoms with van der Waals surface area (Å²) in [5, 5.41) is 8.78. The first-order valence-corrected chi connectivity index (χ1v) is 11.3. The molecule has 0 bridgehead atoms. The van der Waals surface area contributed by atoms with Crippen LogP contribution in [0.15, 0.2) is 6.33 Å². The third-order valence-electron chi connectivity index (χ3n) is 6.88. The van der Waals surface area contributed by atoms with Gasteiger partial charge in [-0.15, -0.1) is 10.2 Å². The first kappa shape index (κ1) is 21.3. The van der Waals surface area contributed by atoms with E-state index in [4.69, 9.17) is 0 Å². The van der Waals surface area contributed by atoms with Crippen molar-refractivity contribution in [2.45, 2.75) is 85.2 Å². The molecule has 1 unspecified atom stereocenters. The van der Waals surface area contributed by atoms with E-state index in [0.29, 0.717) is 30.2 Å². The molecule has 28 heavy (non-hydrogen) atoms. The first-order valence-electron chi connectivity index (χ1n) is 11.3. The van der Waals surface area contributed by atoms with Gasteiger partial charge in [0.1, 0.15) is 12.2 Å². The SMILES string of the molecule is CCCn1cnnc1C1CN(C(=O)CCC(C)C)CC12CCN(C(C)C)CC2. The molecule has 2 aliphatic rings. The third-order valence-corrected chi connectivity index (χ3v) is 6.88. The van der Waals surface area contributed by atoms with Crippen LogP contribution in [-0.2, 0) is 11.3 Å². The Morgan fingerprint density at radius 3 is 2.57 bits per heavy atom. The minimum Gasteiger partial charge on any atom is -0.341 e. The number of likely N-dealkylation sites (tertiary alicyclic amines) is 2. The Bertz CT molecular complexity index is 645. The molecular weight excluding hydrogens is 350 g/mol. The zero-order valence-electron chi connectivity index (χ0n) is 18.5. The molecular formula is C22H39N5O. The second-order valence-electron chi connectivity index (χ2n) is 9.63. The number of carbonyl (C=O) groups is 1. The minimum atomic E-state index is 0.150. The summed E-state index contributed by atoms with van der Waals surface area (Å²) < 4.78 is 2.23. The predicted octanol–water partition coefficient (Wildman–Crippen LogP) is 3.54. The highest BCUT2D eigenvalue weighted by Crippen LogP contribution is 2.49. The second kappa shape index (κ2) is 8.93. The molecule has 2 aliphatic heterocycles. The van der Waals surface area contributed by atoms with Crippen LogP contribution in [0.3, 0.4) is 0 Å². The number of carbonyl (C=O) groups excluding carboxylic acids is 1. The Labute approximate surface area is 170 Å². The van der Waals surface area contributed by atoms with Crippen molar-refractivity contribution >= 4 is 5.91 Å². The van der Waals surface area contributed by atoms with E-state index in [1.807, 2.05) is 6.33 Å². The highest BCUT2D eigenvalue weighted by Gasteiger charge is 2.51. The van der Waals surface area contributed by atoms with E-state index in [1.165, 1.54) is 0 Å². The number of rotatable bonds is 7. The summed E-state index contributed by atoms with van der Waals surface area (Å²) in [6.07, 6.45) is 6.87. The fourth-order valence-electron chi connectivity index (χ4n) is 5.02. The van der Waals surface area contributed by atoms with Gasteiger partial charge in [0.2, 0.25) is 5.91 Å². The summed E-state index contributed by atoms with van der Waals surface area (Å²) in [6, 6.07) is 0.588. The molecule has 3 heterocycles. The lowest BCUT2D eigenvalue weighted by Crippen LogP contribution is -2.46. The average Bonchev–Trinajstić information content (AvgIpc) is 3.25. The van der Waals surface area contributed by atoms with E-state index in [2.05, 4.69) is 59.2 Å². The van der Waals surface area contributed by atoms with Crippen LogP contribution in [0, 0.1) is 11.3 Å². The maximum Gasteiger partial charge on any atom is 0.222 e. The summed E-state index contributed by atoms with van der Waals surface area (Å²) >= 11 is 0. The van der Waals surface area contributed by atoms with Gasteiger partial charge in [0, 0.05) is 43.4 Å². The molecule has 0 radical (unpaired) electrons. The van der Waals surface area contributed by atoms with E-state index >= 15 is 0 Å². The molecule has 1 aromatic heterocycles. The van der Waals surface area contributed by atoms with Gasteiger partial charge >= 0.3 is 0 Å². The van der Waals surface area contributed by atoms with Crippen LogP contribution >= 0.6 is 0 Å². The molecule has 1 spiro atoms. The van der Waals surface area contributed by atoms with Crippen molar-refractivity contribution in [2.75, 3.05) is 26.2 Å². The van der Waals surface area contributed by atoms with Gasteiger partial charge in [0.15, 0.2) is 0 Å². The van der Waals surface area contributed by atoms with E-state index in [-0.39, 0.29) is 5.41 Å². The van der Waals surface area contributed by atoms with Crippen LogP contribution in [-0.4, -0.2) is 62.7 Å². The molecule has 0 N–H and O–H groups in total. The molecule has 1 aromatic rings. The molecule has 1 amide bonds. The Hall–Kier alpha value is -1.43. The van der Waals surface area contributed by atoms with Crippen LogP contribution in [0.1, 0.15) is 78.5 Å². The van der Waals surface area contributed by atoms with Crippen molar-refractivity contribution in [3.05, 3.63) is 12.2 Å². The summed E-state index contributed by atoms with van der Waals surface area (Å²) in [7, 11) is 0. The third kappa shape index (κ3) is 4.42. The number of amides is 1. The monoisotopic (exact) mass is 389 g/mol. The normalized spacial score (nSPS) is 22.7. The van der Waals surface area contributed by atoms with Gasteiger partial charge in [-0.1, -0.05) is 20.8 Å². The highest BCUT2D eigenvalue weighted by molar-refractivity contribution is 5.76. The quantitative estimate of drug-likeness (QED) is 0.716. The molecule has 2 fully saturated rings. The molecule has 6 nitrogen and oxygen atoms in total. The summed E-state index contributed by atoms with van der Waals surface area (Å²) in [6.45, 7) is 16.0. The van der Waals surface area contributed by atoms with Gasteiger partial charge in [-0.25, -0.2) is 0 Å². The van der Waals surface area contributed by atoms with Crippen LogP contribution in [0.25, 0.3) is 0 Å². The Kier molecular flexibility index (Phi) is 6.79.